The van der Waals surface area contributed by atoms with E-state index in [4.69, 9.17) is 5.11 Å². The largest absolute Gasteiger partial charge is 0.392 e. The average Bonchev–Trinajstić information content (AvgIpc) is 3.03. The lowest BCUT2D eigenvalue weighted by molar-refractivity contribution is 0.282. The van der Waals surface area contributed by atoms with Crippen LogP contribution < -0.4 is 5.32 Å². The molecular formula is C17H17N3O. The van der Waals surface area contributed by atoms with Gasteiger partial charge in [-0.25, -0.2) is 4.68 Å². The van der Waals surface area contributed by atoms with Crippen LogP contribution in [0.25, 0.3) is 5.69 Å². The molecular weight excluding hydrogens is 262 g/mol. The maximum atomic E-state index is 9.02. The first kappa shape index (κ1) is 13.4. The fourth-order valence-corrected chi connectivity index (χ4v) is 2.11. The molecule has 4 nitrogen and oxygen atoms in total. The van der Waals surface area contributed by atoms with Gasteiger partial charge in [-0.15, -0.1) is 0 Å². The van der Waals surface area contributed by atoms with E-state index in [0.717, 1.165) is 22.5 Å². The standard InChI is InChI=1S/C17H17N3O/c21-13-14-6-8-16(9-7-14)18-10-15-11-19-20(12-15)17-4-2-1-3-5-17/h1-9,11-12,18,21H,10,13H2. The molecule has 0 radical (unpaired) electrons. The van der Waals surface area contributed by atoms with Crippen LogP contribution in [0.5, 0.6) is 0 Å². The molecule has 3 aromatic rings. The van der Waals surface area contributed by atoms with Gasteiger partial charge in [0.05, 0.1) is 18.5 Å². The van der Waals surface area contributed by atoms with Crippen molar-refractivity contribution < 1.29 is 5.11 Å². The first-order valence-electron chi connectivity index (χ1n) is 6.88. The quantitative estimate of drug-likeness (QED) is 0.755. The zero-order valence-electron chi connectivity index (χ0n) is 11.6. The number of nitrogens with zero attached hydrogens (tertiary/aromatic N) is 2. The highest BCUT2D eigenvalue weighted by Crippen LogP contribution is 2.12. The van der Waals surface area contributed by atoms with Gasteiger partial charge in [-0.05, 0) is 29.8 Å². The Morgan fingerprint density at radius 2 is 1.71 bits per heavy atom. The van der Waals surface area contributed by atoms with Gasteiger partial charge in [0, 0.05) is 24.0 Å². The van der Waals surface area contributed by atoms with Gasteiger partial charge in [-0.2, -0.15) is 5.10 Å². The number of hydrogen-bond donors (Lipinski definition) is 2. The fraction of sp³-hybridized carbons (Fsp3) is 0.118. The Kier molecular flexibility index (Phi) is 3.98. The van der Waals surface area contributed by atoms with Gasteiger partial charge in [-0.3, -0.25) is 0 Å². The molecule has 3 rings (SSSR count). The van der Waals surface area contributed by atoms with Crippen LogP contribution in [0.15, 0.2) is 67.0 Å². The molecule has 4 heteroatoms. The highest BCUT2D eigenvalue weighted by Gasteiger charge is 2.01. The third kappa shape index (κ3) is 3.30. The molecule has 0 amide bonds. The molecule has 1 heterocycles. The molecule has 0 saturated carbocycles. The average molecular weight is 279 g/mol. The van der Waals surface area contributed by atoms with Crippen molar-refractivity contribution in [1.82, 2.24) is 9.78 Å². The van der Waals surface area contributed by atoms with E-state index in [-0.39, 0.29) is 6.61 Å². The monoisotopic (exact) mass is 279 g/mol. The van der Waals surface area contributed by atoms with Gasteiger partial charge in [0.2, 0.25) is 0 Å². The van der Waals surface area contributed by atoms with Crippen molar-refractivity contribution in [3.8, 4) is 5.69 Å². The minimum atomic E-state index is 0.0735. The summed E-state index contributed by atoms with van der Waals surface area (Å²) in [4.78, 5) is 0. The van der Waals surface area contributed by atoms with E-state index in [1.54, 1.807) is 0 Å². The van der Waals surface area contributed by atoms with E-state index in [9.17, 15) is 0 Å². The van der Waals surface area contributed by atoms with Gasteiger partial charge in [0.1, 0.15) is 0 Å². The lowest BCUT2D eigenvalue weighted by Gasteiger charge is -2.05. The lowest BCUT2D eigenvalue weighted by Crippen LogP contribution is -1.98. The van der Waals surface area contributed by atoms with Crippen LogP contribution in [0.4, 0.5) is 5.69 Å². The summed E-state index contributed by atoms with van der Waals surface area (Å²) in [7, 11) is 0. The van der Waals surface area contributed by atoms with Crippen molar-refractivity contribution in [2.24, 2.45) is 0 Å². The lowest BCUT2D eigenvalue weighted by atomic mass is 10.2. The Morgan fingerprint density at radius 3 is 2.43 bits per heavy atom. The van der Waals surface area contributed by atoms with Gasteiger partial charge < -0.3 is 10.4 Å². The van der Waals surface area contributed by atoms with Crippen molar-refractivity contribution in [1.29, 1.82) is 0 Å². The van der Waals surface area contributed by atoms with Crippen molar-refractivity contribution in [2.75, 3.05) is 5.32 Å². The maximum Gasteiger partial charge on any atom is 0.0681 e. The fourth-order valence-electron chi connectivity index (χ4n) is 2.11. The van der Waals surface area contributed by atoms with Crippen molar-refractivity contribution in [3.05, 3.63) is 78.1 Å². The molecule has 21 heavy (non-hydrogen) atoms. The predicted molar refractivity (Wildman–Crippen MR) is 83.3 cm³/mol. The number of anilines is 1. The molecule has 0 aliphatic rings. The van der Waals surface area contributed by atoms with Crippen LogP contribution in [0, 0.1) is 0 Å². The summed E-state index contributed by atoms with van der Waals surface area (Å²) in [5.41, 5.74) is 4.11. The van der Waals surface area contributed by atoms with Gasteiger partial charge in [0.15, 0.2) is 0 Å². The number of aromatic nitrogens is 2. The minimum absolute atomic E-state index is 0.0735. The molecule has 0 saturated heterocycles. The molecule has 0 aliphatic carbocycles. The summed E-state index contributed by atoms with van der Waals surface area (Å²) < 4.78 is 1.87. The van der Waals surface area contributed by atoms with Crippen LogP contribution in [-0.2, 0) is 13.2 Å². The highest BCUT2D eigenvalue weighted by atomic mass is 16.3. The zero-order valence-corrected chi connectivity index (χ0v) is 11.6. The number of para-hydroxylation sites is 1. The molecule has 0 fully saturated rings. The summed E-state index contributed by atoms with van der Waals surface area (Å²) >= 11 is 0. The summed E-state index contributed by atoms with van der Waals surface area (Å²) in [6, 6.07) is 17.8. The van der Waals surface area contributed by atoms with Gasteiger partial charge >= 0.3 is 0 Å². The second-order valence-electron chi connectivity index (χ2n) is 4.84. The summed E-state index contributed by atoms with van der Waals surface area (Å²) in [6.45, 7) is 0.787. The van der Waals surface area contributed by atoms with E-state index < -0.39 is 0 Å². The van der Waals surface area contributed by atoms with Crippen molar-refractivity contribution in [3.63, 3.8) is 0 Å². The predicted octanol–water partition coefficient (Wildman–Crippen LogP) is 2.98. The molecule has 2 aromatic carbocycles. The van der Waals surface area contributed by atoms with Crippen molar-refractivity contribution >= 4 is 5.69 Å². The number of aliphatic hydroxyl groups excluding tert-OH is 1. The smallest absolute Gasteiger partial charge is 0.0681 e. The van der Waals surface area contributed by atoms with E-state index in [1.165, 1.54) is 0 Å². The molecule has 0 aliphatic heterocycles. The Bertz CT molecular complexity index is 690. The maximum absolute atomic E-state index is 9.02. The number of aliphatic hydroxyl groups is 1. The Hall–Kier alpha value is -2.59. The van der Waals surface area contributed by atoms with Gasteiger partial charge in [-0.1, -0.05) is 30.3 Å². The molecule has 0 bridgehead atoms. The Morgan fingerprint density at radius 1 is 0.952 bits per heavy atom. The summed E-state index contributed by atoms with van der Waals surface area (Å²) in [5.74, 6) is 0. The molecule has 106 valence electrons. The minimum Gasteiger partial charge on any atom is -0.392 e. The first-order chi connectivity index (χ1) is 10.3. The molecule has 0 spiro atoms. The Balaban J connectivity index is 1.64. The second-order valence-corrected chi connectivity index (χ2v) is 4.84. The molecule has 0 atom stereocenters. The van der Waals surface area contributed by atoms with Crippen LogP contribution in [-0.4, -0.2) is 14.9 Å². The highest BCUT2D eigenvalue weighted by molar-refractivity contribution is 5.45. The SMILES string of the molecule is OCc1ccc(NCc2cnn(-c3ccccc3)c2)cc1. The zero-order chi connectivity index (χ0) is 14.5. The third-order valence-electron chi connectivity index (χ3n) is 3.29. The van der Waals surface area contributed by atoms with Crippen LogP contribution >= 0.6 is 0 Å². The molecule has 1 aromatic heterocycles. The first-order valence-corrected chi connectivity index (χ1v) is 6.88. The van der Waals surface area contributed by atoms with Crippen LogP contribution in [0.2, 0.25) is 0 Å². The number of hydrogen-bond acceptors (Lipinski definition) is 3. The normalized spacial score (nSPS) is 10.5. The van der Waals surface area contributed by atoms with Gasteiger partial charge in [0.25, 0.3) is 0 Å². The number of rotatable bonds is 5. The van der Waals surface area contributed by atoms with E-state index in [0.29, 0.717) is 6.54 Å². The third-order valence-corrected chi connectivity index (χ3v) is 3.29. The van der Waals surface area contributed by atoms with E-state index in [2.05, 4.69) is 10.4 Å². The van der Waals surface area contributed by atoms with Crippen LogP contribution in [0.1, 0.15) is 11.1 Å². The number of benzene rings is 2. The summed E-state index contributed by atoms with van der Waals surface area (Å²) in [6.07, 6.45) is 3.88. The summed E-state index contributed by atoms with van der Waals surface area (Å²) in [5, 5.41) is 16.7. The van der Waals surface area contributed by atoms with Crippen molar-refractivity contribution in [2.45, 2.75) is 13.2 Å². The molecule has 0 unspecified atom stereocenters. The van der Waals surface area contributed by atoms with E-state index >= 15 is 0 Å². The number of nitrogens with one attached hydrogen (secondary N) is 1. The Labute approximate surface area is 123 Å². The van der Waals surface area contributed by atoms with Crippen LogP contribution in [0.3, 0.4) is 0 Å². The topological polar surface area (TPSA) is 50.1 Å². The van der Waals surface area contributed by atoms with E-state index in [1.807, 2.05) is 71.7 Å². The second kappa shape index (κ2) is 6.24. The molecule has 2 N–H and O–H groups in total.